The van der Waals surface area contributed by atoms with Crippen LogP contribution >= 0.6 is 0 Å². The second kappa shape index (κ2) is 7.75. The van der Waals surface area contributed by atoms with Crippen LogP contribution in [0.1, 0.15) is 18.9 Å². The number of carbonyl (C=O) groups is 1. The molecular weight excluding hydrogens is 292 g/mol. The van der Waals surface area contributed by atoms with Crippen molar-refractivity contribution in [2.45, 2.75) is 19.9 Å². The summed E-state index contributed by atoms with van der Waals surface area (Å²) in [4.78, 5) is 21.3. The molecule has 1 aromatic heterocycles. The van der Waals surface area contributed by atoms with Crippen LogP contribution < -0.4 is 10.2 Å². The zero-order valence-corrected chi connectivity index (χ0v) is 13.8. The monoisotopic (exact) mass is 318 g/mol. The third kappa shape index (κ3) is 4.20. The Hall–Kier alpha value is -1.66. The minimum absolute atomic E-state index is 0.0112. The average molecular weight is 318 g/mol. The van der Waals surface area contributed by atoms with Crippen LogP contribution in [0.15, 0.2) is 18.3 Å². The maximum Gasteiger partial charge on any atom is 0.225 e. The molecule has 1 aromatic rings. The molecule has 1 unspecified atom stereocenters. The summed E-state index contributed by atoms with van der Waals surface area (Å²) < 4.78 is 5.25. The molecule has 2 aliphatic rings. The summed E-state index contributed by atoms with van der Waals surface area (Å²) in [6, 6.07) is 4.11. The molecule has 6 nitrogen and oxygen atoms in total. The standard InChI is InChI=1S/C17H26N4O2/c1-2-20-6-8-21(9-7-20)16-4-3-14(11-18-16)12-19-17(22)15-5-10-23-13-15/h3-4,11,15H,2,5-10,12-13H2,1H3,(H,19,22). The van der Waals surface area contributed by atoms with E-state index in [4.69, 9.17) is 4.74 Å². The molecule has 1 amide bonds. The Morgan fingerprint density at radius 1 is 1.35 bits per heavy atom. The van der Waals surface area contributed by atoms with E-state index in [-0.39, 0.29) is 11.8 Å². The van der Waals surface area contributed by atoms with Crippen molar-refractivity contribution in [2.24, 2.45) is 5.92 Å². The molecule has 0 saturated carbocycles. The van der Waals surface area contributed by atoms with Gasteiger partial charge in [-0.25, -0.2) is 4.98 Å². The number of pyridine rings is 1. The largest absolute Gasteiger partial charge is 0.381 e. The third-order valence-corrected chi connectivity index (χ3v) is 4.72. The number of likely N-dealkylation sites (N-methyl/N-ethyl adjacent to an activating group) is 1. The highest BCUT2D eigenvalue weighted by Crippen LogP contribution is 2.15. The van der Waals surface area contributed by atoms with E-state index in [0.29, 0.717) is 19.8 Å². The molecule has 0 aromatic carbocycles. The number of hydrogen-bond donors (Lipinski definition) is 1. The van der Waals surface area contributed by atoms with Gasteiger partial charge < -0.3 is 19.9 Å². The van der Waals surface area contributed by atoms with Crippen molar-refractivity contribution in [1.82, 2.24) is 15.2 Å². The number of amides is 1. The molecule has 3 rings (SSSR count). The molecule has 1 N–H and O–H groups in total. The highest BCUT2D eigenvalue weighted by molar-refractivity contribution is 5.78. The molecule has 0 bridgehead atoms. The second-order valence-corrected chi connectivity index (χ2v) is 6.22. The fourth-order valence-electron chi connectivity index (χ4n) is 3.08. The Morgan fingerprint density at radius 2 is 2.17 bits per heavy atom. The molecule has 3 heterocycles. The van der Waals surface area contributed by atoms with Gasteiger partial charge in [0.15, 0.2) is 0 Å². The van der Waals surface area contributed by atoms with E-state index in [1.54, 1.807) is 0 Å². The molecule has 6 heteroatoms. The number of rotatable bonds is 5. The van der Waals surface area contributed by atoms with Crippen molar-refractivity contribution in [3.05, 3.63) is 23.9 Å². The molecule has 0 aliphatic carbocycles. The summed E-state index contributed by atoms with van der Waals surface area (Å²) >= 11 is 0. The Morgan fingerprint density at radius 3 is 2.78 bits per heavy atom. The second-order valence-electron chi connectivity index (χ2n) is 6.22. The minimum atomic E-state index is 0.0112. The maximum atomic E-state index is 12.0. The van der Waals surface area contributed by atoms with Gasteiger partial charge in [-0.3, -0.25) is 4.79 Å². The third-order valence-electron chi connectivity index (χ3n) is 4.72. The number of piperazine rings is 1. The van der Waals surface area contributed by atoms with E-state index in [1.165, 1.54) is 0 Å². The number of nitrogens with zero attached hydrogens (tertiary/aromatic N) is 3. The van der Waals surface area contributed by atoms with Gasteiger partial charge in [0.05, 0.1) is 12.5 Å². The lowest BCUT2D eigenvalue weighted by Gasteiger charge is -2.34. The van der Waals surface area contributed by atoms with Gasteiger partial charge in [-0.05, 0) is 24.6 Å². The molecule has 126 valence electrons. The Balaban J connectivity index is 1.48. The van der Waals surface area contributed by atoms with Gasteiger partial charge in [-0.15, -0.1) is 0 Å². The molecule has 23 heavy (non-hydrogen) atoms. The van der Waals surface area contributed by atoms with Crippen LogP contribution in [0.2, 0.25) is 0 Å². The van der Waals surface area contributed by atoms with Crippen LogP contribution in [0.5, 0.6) is 0 Å². The summed E-state index contributed by atoms with van der Waals surface area (Å²) in [5.41, 5.74) is 1.04. The van der Waals surface area contributed by atoms with E-state index in [9.17, 15) is 4.79 Å². The van der Waals surface area contributed by atoms with Gasteiger partial charge >= 0.3 is 0 Å². The first kappa shape index (κ1) is 16.2. The first-order valence-corrected chi connectivity index (χ1v) is 8.54. The van der Waals surface area contributed by atoms with Gasteiger partial charge in [-0.2, -0.15) is 0 Å². The number of carbonyl (C=O) groups excluding carboxylic acids is 1. The van der Waals surface area contributed by atoms with Crippen molar-refractivity contribution in [3.8, 4) is 0 Å². The molecule has 2 aliphatic heterocycles. The molecule has 0 radical (unpaired) electrons. The van der Waals surface area contributed by atoms with Gasteiger partial charge in [0, 0.05) is 45.5 Å². The molecule has 2 fully saturated rings. The molecule has 1 atom stereocenters. The number of hydrogen-bond acceptors (Lipinski definition) is 5. The van der Waals surface area contributed by atoms with Crippen molar-refractivity contribution in [2.75, 3.05) is 50.8 Å². The lowest BCUT2D eigenvalue weighted by atomic mass is 10.1. The zero-order valence-electron chi connectivity index (χ0n) is 13.8. The average Bonchev–Trinajstić information content (AvgIpc) is 3.15. The van der Waals surface area contributed by atoms with E-state index in [1.807, 2.05) is 6.20 Å². The lowest BCUT2D eigenvalue weighted by Crippen LogP contribution is -2.46. The summed E-state index contributed by atoms with van der Waals surface area (Å²) in [6.45, 7) is 9.34. The van der Waals surface area contributed by atoms with E-state index >= 15 is 0 Å². The highest BCUT2D eigenvalue weighted by Gasteiger charge is 2.23. The Kier molecular flexibility index (Phi) is 5.46. The zero-order chi connectivity index (χ0) is 16.1. The fraction of sp³-hybridized carbons (Fsp3) is 0.647. The maximum absolute atomic E-state index is 12.0. The highest BCUT2D eigenvalue weighted by atomic mass is 16.5. The van der Waals surface area contributed by atoms with Crippen molar-refractivity contribution in [3.63, 3.8) is 0 Å². The van der Waals surface area contributed by atoms with Crippen LogP contribution in [0.3, 0.4) is 0 Å². The SMILES string of the molecule is CCN1CCN(c2ccc(CNC(=O)C3CCOC3)cn2)CC1. The summed E-state index contributed by atoms with van der Waals surface area (Å²) in [5.74, 6) is 1.12. The number of aromatic nitrogens is 1. The predicted octanol–water partition coefficient (Wildman–Crippen LogP) is 0.876. The lowest BCUT2D eigenvalue weighted by molar-refractivity contribution is -0.125. The first-order chi connectivity index (χ1) is 11.3. The van der Waals surface area contributed by atoms with Crippen LogP contribution in [-0.2, 0) is 16.1 Å². The van der Waals surface area contributed by atoms with Crippen LogP contribution in [0, 0.1) is 5.92 Å². The van der Waals surface area contributed by atoms with Gasteiger partial charge in [0.1, 0.15) is 5.82 Å². The topological polar surface area (TPSA) is 57.7 Å². The van der Waals surface area contributed by atoms with E-state index < -0.39 is 0 Å². The van der Waals surface area contributed by atoms with Gasteiger partial charge in [0.2, 0.25) is 5.91 Å². The Bertz CT molecular complexity index is 506. The number of anilines is 1. The summed E-state index contributed by atoms with van der Waals surface area (Å²) in [5, 5.41) is 2.97. The Labute approximate surface area is 137 Å². The summed E-state index contributed by atoms with van der Waals surface area (Å²) in [7, 11) is 0. The normalized spacial score (nSPS) is 22.3. The molecule has 2 saturated heterocycles. The van der Waals surface area contributed by atoms with Crippen LogP contribution in [0.4, 0.5) is 5.82 Å². The van der Waals surface area contributed by atoms with Crippen molar-refractivity contribution in [1.29, 1.82) is 0 Å². The first-order valence-electron chi connectivity index (χ1n) is 8.54. The summed E-state index contributed by atoms with van der Waals surface area (Å²) in [6.07, 6.45) is 2.69. The fourth-order valence-corrected chi connectivity index (χ4v) is 3.08. The van der Waals surface area contributed by atoms with Gasteiger partial charge in [-0.1, -0.05) is 13.0 Å². The number of ether oxygens (including phenoxy) is 1. The van der Waals surface area contributed by atoms with Crippen LogP contribution in [0.25, 0.3) is 0 Å². The van der Waals surface area contributed by atoms with Crippen molar-refractivity contribution < 1.29 is 9.53 Å². The minimum Gasteiger partial charge on any atom is -0.381 e. The number of nitrogens with one attached hydrogen (secondary N) is 1. The predicted molar refractivity (Wildman–Crippen MR) is 89.3 cm³/mol. The van der Waals surface area contributed by atoms with Gasteiger partial charge in [0.25, 0.3) is 0 Å². The van der Waals surface area contributed by atoms with E-state index in [2.05, 4.69) is 39.2 Å². The molecular formula is C17H26N4O2. The smallest absolute Gasteiger partial charge is 0.225 e. The van der Waals surface area contributed by atoms with Crippen molar-refractivity contribution >= 4 is 11.7 Å². The molecule has 0 spiro atoms. The quantitative estimate of drug-likeness (QED) is 0.873. The van der Waals surface area contributed by atoms with Crippen LogP contribution in [-0.4, -0.2) is 61.7 Å². The van der Waals surface area contributed by atoms with E-state index in [0.717, 1.165) is 50.5 Å².